The van der Waals surface area contributed by atoms with Crippen molar-refractivity contribution in [3.05, 3.63) is 64.7 Å². The van der Waals surface area contributed by atoms with Crippen LogP contribution in [0.1, 0.15) is 68.7 Å². The molecule has 34 heavy (non-hydrogen) atoms. The third kappa shape index (κ3) is 4.80. The molecule has 0 atom stereocenters. The van der Waals surface area contributed by atoms with Gasteiger partial charge in [0.2, 0.25) is 0 Å². The average Bonchev–Trinajstić information content (AvgIpc) is 3.07. The van der Waals surface area contributed by atoms with E-state index in [2.05, 4.69) is 5.32 Å². The number of fused-ring (bicyclic) bond motifs is 1. The molecule has 4 rings (SSSR count). The Kier molecular flexibility index (Phi) is 6.41. The van der Waals surface area contributed by atoms with Gasteiger partial charge in [0.05, 0.1) is 11.1 Å². The second kappa shape index (κ2) is 9.28. The van der Waals surface area contributed by atoms with E-state index < -0.39 is 23.9 Å². The van der Waals surface area contributed by atoms with Gasteiger partial charge in [0, 0.05) is 23.8 Å². The smallest absolute Gasteiger partial charge is 0.344 e. The lowest BCUT2D eigenvalue weighted by atomic mass is 9.94. The fraction of sp³-hybridized carbons (Fsp3) is 0.333. The lowest BCUT2D eigenvalue weighted by molar-refractivity contribution is -0.173. The van der Waals surface area contributed by atoms with Crippen molar-refractivity contribution in [3.63, 3.8) is 0 Å². The number of alkyl halides is 3. The number of hydrogen-bond acceptors (Lipinski definition) is 4. The van der Waals surface area contributed by atoms with E-state index >= 15 is 0 Å². The normalized spacial score (nSPS) is 16.4. The van der Waals surface area contributed by atoms with E-state index in [0.717, 1.165) is 32.1 Å². The number of rotatable bonds is 5. The molecular weight excluding hydrogens is 451 g/mol. The van der Waals surface area contributed by atoms with Crippen LogP contribution < -0.4 is 10.6 Å². The number of anilines is 1. The topological polar surface area (TPSA) is 95.6 Å². The first-order valence-corrected chi connectivity index (χ1v) is 10.9. The summed E-state index contributed by atoms with van der Waals surface area (Å²) in [5.41, 5.74) is 1.28. The van der Waals surface area contributed by atoms with Crippen molar-refractivity contribution < 1.29 is 32.3 Å². The standard InChI is InChI=1S/C24H22F3N3O4/c25-24(26,27)23(34)28-13-14-5-4-6-16(11-14)29-20(31)15-9-10-18-19(12-15)22(33)30(21(18)32)17-7-2-1-3-8-17/h4-6,9-12,17H,1-3,7-8,13H2,(H,28,34)(H,29,31). The summed E-state index contributed by atoms with van der Waals surface area (Å²) in [6.07, 6.45) is -0.419. The average molecular weight is 473 g/mol. The number of benzene rings is 2. The van der Waals surface area contributed by atoms with Crippen molar-refractivity contribution in [3.8, 4) is 0 Å². The number of halogens is 3. The molecule has 2 aliphatic rings. The summed E-state index contributed by atoms with van der Waals surface area (Å²) in [7, 11) is 0. The Labute approximate surface area is 193 Å². The first-order valence-electron chi connectivity index (χ1n) is 10.9. The molecule has 0 aromatic heterocycles. The molecule has 0 saturated heterocycles. The molecule has 7 nitrogen and oxygen atoms in total. The Morgan fingerprint density at radius 1 is 0.941 bits per heavy atom. The van der Waals surface area contributed by atoms with Crippen molar-refractivity contribution in [1.29, 1.82) is 0 Å². The first kappa shape index (κ1) is 23.5. The number of amides is 4. The van der Waals surface area contributed by atoms with Crippen LogP contribution in [0.25, 0.3) is 0 Å². The number of imide groups is 1. The molecule has 1 fully saturated rings. The molecule has 2 aromatic rings. The zero-order chi connectivity index (χ0) is 24.5. The highest BCUT2D eigenvalue weighted by atomic mass is 19.4. The van der Waals surface area contributed by atoms with Gasteiger partial charge in [-0.1, -0.05) is 31.4 Å². The van der Waals surface area contributed by atoms with Crippen LogP contribution in [0.5, 0.6) is 0 Å². The van der Waals surface area contributed by atoms with E-state index in [-0.39, 0.29) is 35.2 Å². The minimum atomic E-state index is -4.98. The van der Waals surface area contributed by atoms with Gasteiger partial charge < -0.3 is 10.6 Å². The van der Waals surface area contributed by atoms with E-state index in [4.69, 9.17) is 0 Å². The van der Waals surface area contributed by atoms with Crippen LogP contribution >= 0.6 is 0 Å². The van der Waals surface area contributed by atoms with E-state index in [0.29, 0.717) is 11.3 Å². The van der Waals surface area contributed by atoms with Gasteiger partial charge in [0.15, 0.2) is 0 Å². The molecule has 0 spiro atoms. The van der Waals surface area contributed by atoms with E-state index in [1.165, 1.54) is 41.3 Å². The molecule has 1 saturated carbocycles. The van der Waals surface area contributed by atoms with Crippen LogP contribution in [0, 0.1) is 0 Å². The van der Waals surface area contributed by atoms with Crippen LogP contribution in [0.3, 0.4) is 0 Å². The zero-order valence-corrected chi connectivity index (χ0v) is 18.1. The first-order chi connectivity index (χ1) is 16.1. The quantitative estimate of drug-likeness (QED) is 0.641. The summed E-state index contributed by atoms with van der Waals surface area (Å²) in [5.74, 6) is -3.34. The van der Waals surface area contributed by atoms with Crippen LogP contribution in [-0.4, -0.2) is 40.7 Å². The maximum absolute atomic E-state index is 12.9. The predicted octanol–water partition coefficient (Wildman–Crippen LogP) is 4.05. The maximum atomic E-state index is 12.9. The van der Waals surface area contributed by atoms with Crippen molar-refractivity contribution in [2.24, 2.45) is 0 Å². The molecule has 1 aliphatic carbocycles. The molecule has 0 bridgehead atoms. The van der Waals surface area contributed by atoms with Gasteiger partial charge in [0.1, 0.15) is 0 Å². The molecular formula is C24H22F3N3O4. The summed E-state index contributed by atoms with van der Waals surface area (Å²) >= 11 is 0. The fourth-order valence-corrected chi connectivity index (χ4v) is 4.32. The summed E-state index contributed by atoms with van der Waals surface area (Å²) in [6.45, 7) is -0.367. The SMILES string of the molecule is O=C(Nc1cccc(CNC(=O)C(F)(F)F)c1)c1ccc2c(c1)C(=O)N(C1CCCCC1)C2=O. The molecule has 0 radical (unpaired) electrons. The largest absolute Gasteiger partial charge is 0.471 e. The van der Waals surface area contributed by atoms with Crippen LogP contribution in [0.15, 0.2) is 42.5 Å². The highest BCUT2D eigenvalue weighted by Crippen LogP contribution is 2.31. The minimum Gasteiger partial charge on any atom is -0.344 e. The molecule has 10 heteroatoms. The van der Waals surface area contributed by atoms with Crippen molar-refractivity contribution in [1.82, 2.24) is 10.2 Å². The maximum Gasteiger partial charge on any atom is 0.471 e. The molecule has 2 N–H and O–H groups in total. The molecule has 0 unspecified atom stereocenters. The van der Waals surface area contributed by atoms with E-state index in [9.17, 15) is 32.3 Å². The molecule has 1 heterocycles. The van der Waals surface area contributed by atoms with Crippen molar-refractivity contribution >= 4 is 29.3 Å². The number of carbonyl (C=O) groups excluding carboxylic acids is 4. The Morgan fingerprint density at radius 3 is 2.35 bits per heavy atom. The van der Waals surface area contributed by atoms with E-state index in [1.807, 2.05) is 0 Å². The summed E-state index contributed by atoms with van der Waals surface area (Å²) in [5, 5.41) is 4.39. The predicted molar refractivity (Wildman–Crippen MR) is 116 cm³/mol. The van der Waals surface area contributed by atoms with Gasteiger partial charge in [-0.05, 0) is 48.7 Å². The Balaban J connectivity index is 1.45. The van der Waals surface area contributed by atoms with Crippen molar-refractivity contribution in [2.45, 2.75) is 50.9 Å². The second-order valence-electron chi connectivity index (χ2n) is 8.37. The second-order valence-corrected chi connectivity index (χ2v) is 8.37. The zero-order valence-electron chi connectivity index (χ0n) is 18.1. The van der Waals surface area contributed by atoms with Gasteiger partial charge in [-0.25, -0.2) is 0 Å². The minimum absolute atomic E-state index is 0.126. The summed E-state index contributed by atoms with van der Waals surface area (Å²) in [6, 6.07) is 10.2. The van der Waals surface area contributed by atoms with Crippen LogP contribution in [0.2, 0.25) is 0 Å². The molecule has 2 aromatic carbocycles. The van der Waals surface area contributed by atoms with Crippen molar-refractivity contribution in [2.75, 3.05) is 5.32 Å². The summed E-state index contributed by atoms with van der Waals surface area (Å²) < 4.78 is 37.1. The van der Waals surface area contributed by atoms with Crippen LogP contribution in [-0.2, 0) is 11.3 Å². The van der Waals surface area contributed by atoms with Gasteiger partial charge in [-0.3, -0.25) is 24.1 Å². The number of nitrogens with zero attached hydrogens (tertiary/aromatic N) is 1. The fourth-order valence-electron chi connectivity index (χ4n) is 4.32. The third-order valence-corrected chi connectivity index (χ3v) is 6.02. The Bertz CT molecular complexity index is 1160. The molecule has 1 aliphatic heterocycles. The number of nitrogens with one attached hydrogen (secondary N) is 2. The third-order valence-electron chi connectivity index (χ3n) is 6.02. The lowest BCUT2D eigenvalue weighted by Crippen LogP contribution is -2.40. The monoisotopic (exact) mass is 473 g/mol. The number of carbonyl (C=O) groups is 4. The molecule has 178 valence electrons. The highest BCUT2D eigenvalue weighted by Gasteiger charge is 2.40. The highest BCUT2D eigenvalue weighted by molar-refractivity contribution is 6.22. The Morgan fingerprint density at radius 2 is 1.65 bits per heavy atom. The van der Waals surface area contributed by atoms with E-state index in [1.54, 1.807) is 11.4 Å². The van der Waals surface area contributed by atoms with Gasteiger partial charge in [0.25, 0.3) is 17.7 Å². The summed E-state index contributed by atoms with van der Waals surface area (Å²) in [4.78, 5) is 50.8. The van der Waals surface area contributed by atoms with Gasteiger partial charge in [-0.15, -0.1) is 0 Å². The van der Waals surface area contributed by atoms with Gasteiger partial charge >= 0.3 is 12.1 Å². The Hall–Kier alpha value is -3.69. The molecule has 4 amide bonds. The number of hydrogen-bond donors (Lipinski definition) is 2. The lowest BCUT2D eigenvalue weighted by Gasteiger charge is -2.29. The van der Waals surface area contributed by atoms with Crippen LogP contribution in [0.4, 0.5) is 18.9 Å². The van der Waals surface area contributed by atoms with Gasteiger partial charge in [-0.2, -0.15) is 13.2 Å².